The third kappa shape index (κ3) is 4.28. The van der Waals surface area contributed by atoms with Crippen molar-refractivity contribution < 1.29 is 9.53 Å². The van der Waals surface area contributed by atoms with E-state index in [1.54, 1.807) is 0 Å². The molecule has 3 rings (SSSR count). The van der Waals surface area contributed by atoms with Gasteiger partial charge in [-0.25, -0.2) is 0 Å². The van der Waals surface area contributed by atoms with Gasteiger partial charge in [0.2, 0.25) is 5.91 Å². The Labute approximate surface area is 147 Å². The maximum absolute atomic E-state index is 12.2. The molecule has 1 amide bonds. The van der Waals surface area contributed by atoms with Crippen molar-refractivity contribution in [2.24, 2.45) is 5.92 Å². The summed E-state index contributed by atoms with van der Waals surface area (Å²) in [5.41, 5.74) is 3.73. The zero-order valence-corrected chi connectivity index (χ0v) is 14.4. The number of ether oxygens (including phenoxy) is 1. The standard InChI is InChI=1S/C19H21ClN2O2/c1-13-2-3-17(12-18(13)20)21-15-4-6-16(7-5-15)22-19(23)14-8-10-24-11-9-14/h2-7,12,14,21H,8-11H2,1H3,(H,22,23). The number of amides is 1. The lowest BCUT2D eigenvalue weighted by atomic mass is 9.99. The molecular weight excluding hydrogens is 324 g/mol. The van der Waals surface area contributed by atoms with Crippen LogP contribution in [0, 0.1) is 12.8 Å². The molecule has 5 heteroatoms. The minimum atomic E-state index is 0.0475. The van der Waals surface area contributed by atoms with Gasteiger partial charge in [-0.2, -0.15) is 0 Å². The highest BCUT2D eigenvalue weighted by Crippen LogP contribution is 2.24. The van der Waals surface area contributed by atoms with Crippen molar-refractivity contribution in [3.8, 4) is 0 Å². The second kappa shape index (κ2) is 7.69. The summed E-state index contributed by atoms with van der Waals surface area (Å²) < 4.78 is 5.29. The Morgan fingerprint density at radius 3 is 2.33 bits per heavy atom. The third-order valence-corrected chi connectivity index (χ3v) is 4.61. The summed E-state index contributed by atoms with van der Waals surface area (Å²) in [4.78, 5) is 12.2. The SMILES string of the molecule is Cc1ccc(Nc2ccc(NC(=O)C3CCOCC3)cc2)cc1Cl. The fraction of sp³-hybridized carbons (Fsp3) is 0.316. The van der Waals surface area contributed by atoms with Gasteiger partial charge in [0.25, 0.3) is 0 Å². The molecule has 2 aromatic rings. The summed E-state index contributed by atoms with van der Waals surface area (Å²) in [6.45, 7) is 3.31. The van der Waals surface area contributed by atoms with Gasteiger partial charge in [-0.15, -0.1) is 0 Å². The van der Waals surface area contributed by atoms with Crippen molar-refractivity contribution in [2.75, 3.05) is 23.8 Å². The van der Waals surface area contributed by atoms with E-state index in [0.717, 1.165) is 40.5 Å². The smallest absolute Gasteiger partial charge is 0.227 e. The molecule has 0 atom stereocenters. The Hall–Kier alpha value is -2.04. The van der Waals surface area contributed by atoms with Gasteiger partial charge in [-0.05, 0) is 61.7 Å². The molecule has 126 valence electrons. The molecule has 0 bridgehead atoms. The van der Waals surface area contributed by atoms with E-state index in [0.29, 0.717) is 13.2 Å². The Bertz CT molecular complexity index is 710. The summed E-state index contributed by atoms with van der Waals surface area (Å²) >= 11 is 6.14. The molecule has 0 aliphatic carbocycles. The lowest BCUT2D eigenvalue weighted by molar-refractivity contribution is -0.122. The number of benzene rings is 2. The lowest BCUT2D eigenvalue weighted by Crippen LogP contribution is -2.28. The highest BCUT2D eigenvalue weighted by atomic mass is 35.5. The first kappa shape index (κ1) is 16.8. The Kier molecular flexibility index (Phi) is 5.38. The first-order valence-corrected chi connectivity index (χ1v) is 8.51. The number of aryl methyl sites for hydroxylation is 1. The maximum Gasteiger partial charge on any atom is 0.227 e. The topological polar surface area (TPSA) is 50.4 Å². The van der Waals surface area contributed by atoms with Gasteiger partial charge in [-0.1, -0.05) is 17.7 Å². The second-order valence-electron chi connectivity index (χ2n) is 6.04. The molecule has 2 N–H and O–H groups in total. The van der Waals surface area contributed by atoms with Crippen LogP contribution in [0.4, 0.5) is 17.1 Å². The summed E-state index contributed by atoms with van der Waals surface area (Å²) in [7, 11) is 0. The molecule has 0 aromatic heterocycles. The molecule has 0 radical (unpaired) electrons. The molecule has 1 aliphatic rings. The number of nitrogens with one attached hydrogen (secondary N) is 2. The maximum atomic E-state index is 12.2. The minimum absolute atomic E-state index is 0.0475. The van der Waals surface area contributed by atoms with E-state index in [9.17, 15) is 4.79 Å². The number of hydrogen-bond acceptors (Lipinski definition) is 3. The Morgan fingerprint density at radius 2 is 1.67 bits per heavy atom. The fourth-order valence-corrected chi connectivity index (χ4v) is 2.86. The largest absolute Gasteiger partial charge is 0.381 e. The number of rotatable bonds is 4. The monoisotopic (exact) mass is 344 g/mol. The number of halogens is 1. The van der Waals surface area contributed by atoms with Gasteiger partial charge in [-0.3, -0.25) is 4.79 Å². The molecule has 1 aliphatic heterocycles. The van der Waals surface area contributed by atoms with Gasteiger partial charge in [0.15, 0.2) is 0 Å². The number of carbonyl (C=O) groups is 1. The number of anilines is 3. The number of carbonyl (C=O) groups excluding carboxylic acids is 1. The van der Waals surface area contributed by atoms with E-state index >= 15 is 0 Å². The lowest BCUT2D eigenvalue weighted by Gasteiger charge is -2.21. The quantitative estimate of drug-likeness (QED) is 0.841. The molecule has 4 nitrogen and oxygen atoms in total. The minimum Gasteiger partial charge on any atom is -0.381 e. The van der Waals surface area contributed by atoms with Gasteiger partial charge < -0.3 is 15.4 Å². The van der Waals surface area contributed by atoms with Crippen LogP contribution in [0.3, 0.4) is 0 Å². The van der Waals surface area contributed by atoms with Gasteiger partial charge in [0, 0.05) is 41.2 Å². The van der Waals surface area contributed by atoms with Crippen molar-refractivity contribution in [1.29, 1.82) is 0 Å². The van der Waals surface area contributed by atoms with Crippen LogP contribution in [0.1, 0.15) is 18.4 Å². The van der Waals surface area contributed by atoms with Crippen molar-refractivity contribution in [3.63, 3.8) is 0 Å². The third-order valence-electron chi connectivity index (χ3n) is 4.21. The highest BCUT2D eigenvalue weighted by molar-refractivity contribution is 6.31. The van der Waals surface area contributed by atoms with Crippen LogP contribution < -0.4 is 10.6 Å². The van der Waals surface area contributed by atoms with E-state index < -0.39 is 0 Å². The van der Waals surface area contributed by atoms with Crippen molar-refractivity contribution >= 4 is 34.6 Å². The molecule has 1 heterocycles. The molecule has 2 aromatic carbocycles. The van der Waals surface area contributed by atoms with Crippen molar-refractivity contribution in [2.45, 2.75) is 19.8 Å². The van der Waals surface area contributed by atoms with Gasteiger partial charge >= 0.3 is 0 Å². The molecule has 0 saturated carbocycles. The average molecular weight is 345 g/mol. The van der Waals surface area contributed by atoms with Gasteiger partial charge in [0.1, 0.15) is 0 Å². The van der Waals surface area contributed by atoms with Crippen molar-refractivity contribution in [3.05, 3.63) is 53.1 Å². The highest BCUT2D eigenvalue weighted by Gasteiger charge is 2.21. The first-order valence-electron chi connectivity index (χ1n) is 8.14. The van der Waals surface area contributed by atoms with Crippen LogP contribution in [0.5, 0.6) is 0 Å². The molecule has 1 saturated heterocycles. The first-order chi connectivity index (χ1) is 11.6. The van der Waals surface area contributed by atoms with Gasteiger partial charge in [0.05, 0.1) is 0 Å². The van der Waals surface area contributed by atoms with E-state index in [-0.39, 0.29) is 11.8 Å². The molecule has 0 unspecified atom stereocenters. The van der Waals surface area contributed by atoms with E-state index in [1.165, 1.54) is 0 Å². The summed E-state index contributed by atoms with van der Waals surface area (Å²) in [6.07, 6.45) is 1.58. The average Bonchev–Trinajstić information content (AvgIpc) is 2.61. The fourth-order valence-electron chi connectivity index (χ4n) is 2.68. The van der Waals surface area contributed by atoms with Crippen LogP contribution in [-0.2, 0) is 9.53 Å². The van der Waals surface area contributed by atoms with E-state index in [2.05, 4.69) is 10.6 Å². The zero-order chi connectivity index (χ0) is 16.9. The molecule has 1 fully saturated rings. The van der Waals surface area contributed by atoms with Crippen LogP contribution in [0.15, 0.2) is 42.5 Å². The van der Waals surface area contributed by atoms with E-state index in [1.807, 2.05) is 49.4 Å². The Balaban J connectivity index is 1.60. The van der Waals surface area contributed by atoms with Crippen LogP contribution in [0.2, 0.25) is 5.02 Å². The molecular formula is C19H21ClN2O2. The molecule has 0 spiro atoms. The predicted molar refractivity (Wildman–Crippen MR) is 98.1 cm³/mol. The van der Waals surface area contributed by atoms with Crippen LogP contribution >= 0.6 is 11.6 Å². The molecule has 24 heavy (non-hydrogen) atoms. The van der Waals surface area contributed by atoms with Crippen molar-refractivity contribution in [1.82, 2.24) is 0 Å². The Morgan fingerprint density at radius 1 is 1.04 bits per heavy atom. The van der Waals surface area contributed by atoms with E-state index in [4.69, 9.17) is 16.3 Å². The normalized spacial score (nSPS) is 15.1. The van der Waals surface area contributed by atoms with Crippen LogP contribution in [0.25, 0.3) is 0 Å². The van der Waals surface area contributed by atoms with Crippen LogP contribution in [-0.4, -0.2) is 19.1 Å². The number of hydrogen-bond donors (Lipinski definition) is 2. The summed E-state index contributed by atoms with van der Waals surface area (Å²) in [6, 6.07) is 13.5. The summed E-state index contributed by atoms with van der Waals surface area (Å²) in [5.74, 6) is 0.121. The predicted octanol–water partition coefficient (Wildman–Crippen LogP) is 4.76. The summed E-state index contributed by atoms with van der Waals surface area (Å²) in [5, 5.41) is 7.01. The zero-order valence-electron chi connectivity index (χ0n) is 13.6. The second-order valence-corrected chi connectivity index (χ2v) is 6.45.